The Balaban J connectivity index is 1.61. The van der Waals surface area contributed by atoms with Crippen LogP contribution in [-0.2, 0) is 20.7 Å². The first kappa shape index (κ1) is 20.9. The third-order valence-electron chi connectivity index (χ3n) is 5.07. The lowest BCUT2D eigenvalue weighted by molar-refractivity contribution is -0.136. The van der Waals surface area contributed by atoms with Gasteiger partial charge in [-0.3, -0.25) is 9.69 Å². The maximum atomic E-state index is 12.5. The molecule has 0 N–H and O–H groups in total. The van der Waals surface area contributed by atoms with E-state index in [1.807, 2.05) is 23.1 Å². The van der Waals surface area contributed by atoms with Crippen LogP contribution >= 0.6 is 0 Å². The van der Waals surface area contributed by atoms with Crippen molar-refractivity contribution in [3.8, 4) is 0 Å². The first-order chi connectivity index (χ1) is 12.6. The van der Waals surface area contributed by atoms with Crippen molar-refractivity contribution >= 4 is 5.91 Å². The Hall–Kier alpha value is -1.43. The summed E-state index contributed by atoms with van der Waals surface area (Å²) in [5, 5.41) is 0. The van der Waals surface area contributed by atoms with Crippen LogP contribution < -0.4 is 0 Å². The SMILES string of the molecule is COCCN1[C@H](C)CN(C(=O)CCCOCCc2ccccc2)C[C@H]1C. The largest absolute Gasteiger partial charge is 0.383 e. The summed E-state index contributed by atoms with van der Waals surface area (Å²) in [6.07, 6.45) is 2.29. The van der Waals surface area contributed by atoms with E-state index in [1.165, 1.54) is 5.56 Å². The summed E-state index contributed by atoms with van der Waals surface area (Å²) in [6.45, 7) is 9.03. The molecule has 0 saturated carbocycles. The van der Waals surface area contributed by atoms with Gasteiger partial charge in [0.2, 0.25) is 5.91 Å². The van der Waals surface area contributed by atoms with Crippen molar-refractivity contribution < 1.29 is 14.3 Å². The lowest BCUT2D eigenvalue weighted by Gasteiger charge is -2.44. The molecule has 1 aromatic rings. The van der Waals surface area contributed by atoms with Crippen LogP contribution in [0.4, 0.5) is 0 Å². The number of nitrogens with zero attached hydrogens (tertiary/aromatic N) is 2. The molecule has 1 aromatic carbocycles. The minimum absolute atomic E-state index is 0.252. The van der Waals surface area contributed by atoms with Crippen LogP contribution in [0.25, 0.3) is 0 Å². The van der Waals surface area contributed by atoms with Crippen molar-refractivity contribution in [3.63, 3.8) is 0 Å². The van der Waals surface area contributed by atoms with Gasteiger partial charge in [-0.25, -0.2) is 0 Å². The number of amides is 1. The summed E-state index contributed by atoms with van der Waals surface area (Å²) in [6, 6.07) is 11.1. The van der Waals surface area contributed by atoms with Gasteiger partial charge in [0.1, 0.15) is 0 Å². The molecular weight excluding hydrogens is 328 g/mol. The van der Waals surface area contributed by atoms with Crippen molar-refractivity contribution in [2.75, 3.05) is 46.6 Å². The predicted octanol–water partition coefficient (Wildman–Crippen LogP) is 2.59. The molecule has 1 fully saturated rings. The van der Waals surface area contributed by atoms with Gasteiger partial charge in [0, 0.05) is 51.9 Å². The van der Waals surface area contributed by atoms with E-state index >= 15 is 0 Å². The molecule has 0 bridgehead atoms. The zero-order valence-corrected chi connectivity index (χ0v) is 16.5. The summed E-state index contributed by atoms with van der Waals surface area (Å²) in [7, 11) is 1.73. The van der Waals surface area contributed by atoms with Crippen molar-refractivity contribution in [2.45, 2.75) is 45.2 Å². The van der Waals surface area contributed by atoms with Crippen LogP contribution in [0.15, 0.2) is 30.3 Å². The Morgan fingerprint density at radius 3 is 2.42 bits per heavy atom. The zero-order valence-electron chi connectivity index (χ0n) is 16.5. The van der Waals surface area contributed by atoms with E-state index in [0.29, 0.717) is 31.7 Å². The van der Waals surface area contributed by atoms with Gasteiger partial charge < -0.3 is 14.4 Å². The van der Waals surface area contributed by atoms with Crippen molar-refractivity contribution in [2.24, 2.45) is 0 Å². The Kier molecular flexibility index (Phi) is 9.09. The molecule has 1 heterocycles. The molecule has 1 amide bonds. The highest BCUT2D eigenvalue weighted by Gasteiger charge is 2.30. The summed E-state index contributed by atoms with van der Waals surface area (Å²) in [5.41, 5.74) is 1.29. The van der Waals surface area contributed by atoms with Gasteiger partial charge in [-0.2, -0.15) is 0 Å². The third kappa shape index (κ3) is 6.71. The third-order valence-corrected chi connectivity index (χ3v) is 5.07. The van der Waals surface area contributed by atoms with E-state index in [4.69, 9.17) is 9.47 Å². The molecule has 2 rings (SSSR count). The van der Waals surface area contributed by atoms with Crippen LogP contribution in [0.3, 0.4) is 0 Å². The highest BCUT2D eigenvalue weighted by molar-refractivity contribution is 5.76. The fourth-order valence-electron chi connectivity index (χ4n) is 3.62. The van der Waals surface area contributed by atoms with E-state index in [1.54, 1.807) is 7.11 Å². The molecule has 5 heteroatoms. The second-order valence-electron chi connectivity index (χ2n) is 7.18. The molecule has 5 nitrogen and oxygen atoms in total. The molecule has 0 radical (unpaired) electrons. The molecule has 0 aliphatic carbocycles. The molecule has 0 unspecified atom stereocenters. The summed E-state index contributed by atoms with van der Waals surface area (Å²) < 4.78 is 10.9. The van der Waals surface area contributed by atoms with Gasteiger partial charge in [-0.15, -0.1) is 0 Å². The maximum absolute atomic E-state index is 12.5. The lowest BCUT2D eigenvalue weighted by Crippen LogP contribution is -2.58. The second-order valence-corrected chi connectivity index (χ2v) is 7.18. The van der Waals surface area contributed by atoms with Crippen LogP contribution in [0.2, 0.25) is 0 Å². The normalized spacial score (nSPS) is 21.1. The Labute approximate surface area is 158 Å². The van der Waals surface area contributed by atoms with Crippen molar-refractivity contribution in [3.05, 3.63) is 35.9 Å². The van der Waals surface area contributed by atoms with Gasteiger partial charge in [0.05, 0.1) is 13.2 Å². The van der Waals surface area contributed by atoms with Gasteiger partial charge in [0.25, 0.3) is 0 Å². The standard InChI is InChI=1S/C21H34N2O3/c1-18-16-22(17-19(2)23(18)12-15-25-3)21(24)10-7-13-26-14-11-20-8-5-4-6-9-20/h4-6,8-9,18-19H,7,10-17H2,1-3H3/t18-,19-/m1/s1. The number of rotatable bonds is 10. The Bertz CT molecular complexity index is 511. The fourth-order valence-corrected chi connectivity index (χ4v) is 3.62. The highest BCUT2D eigenvalue weighted by Crippen LogP contribution is 2.16. The molecule has 1 aliphatic heterocycles. The van der Waals surface area contributed by atoms with Gasteiger partial charge in [-0.05, 0) is 32.3 Å². The van der Waals surface area contributed by atoms with Gasteiger partial charge in [-0.1, -0.05) is 30.3 Å². The number of methoxy groups -OCH3 is 1. The highest BCUT2D eigenvalue weighted by atomic mass is 16.5. The van der Waals surface area contributed by atoms with E-state index in [0.717, 1.165) is 39.1 Å². The molecular formula is C21H34N2O3. The van der Waals surface area contributed by atoms with E-state index in [9.17, 15) is 4.79 Å². The average molecular weight is 363 g/mol. The minimum Gasteiger partial charge on any atom is -0.383 e. The average Bonchev–Trinajstić information content (AvgIpc) is 2.64. The summed E-state index contributed by atoms with van der Waals surface area (Å²) in [4.78, 5) is 16.9. The first-order valence-corrected chi connectivity index (χ1v) is 9.76. The number of carbonyl (C=O) groups is 1. The Morgan fingerprint density at radius 2 is 1.77 bits per heavy atom. The summed E-state index contributed by atoms with van der Waals surface area (Å²) in [5.74, 6) is 0.252. The first-order valence-electron chi connectivity index (χ1n) is 9.76. The number of piperazine rings is 1. The van der Waals surface area contributed by atoms with Crippen LogP contribution in [0.1, 0.15) is 32.3 Å². The van der Waals surface area contributed by atoms with Crippen LogP contribution in [0, 0.1) is 0 Å². The van der Waals surface area contributed by atoms with Crippen LogP contribution in [-0.4, -0.2) is 74.4 Å². The fraction of sp³-hybridized carbons (Fsp3) is 0.667. The zero-order chi connectivity index (χ0) is 18.8. The van der Waals surface area contributed by atoms with Gasteiger partial charge in [0.15, 0.2) is 0 Å². The molecule has 1 saturated heterocycles. The molecule has 26 heavy (non-hydrogen) atoms. The van der Waals surface area contributed by atoms with E-state index < -0.39 is 0 Å². The number of hydrogen-bond donors (Lipinski definition) is 0. The predicted molar refractivity (Wildman–Crippen MR) is 104 cm³/mol. The molecule has 1 aliphatic rings. The topological polar surface area (TPSA) is 42.0 Å². The van der Waals surface area contributed by atoms with E-state index in [-0.39, 0.29) is 5.91 Å². The molecule has 0 spiro atoms. The van der Waals surface area contributed by atoms with Gasteiger partial charge >= 0.3 is 0 Å². The van der Waals surface area contributed by atoms with Crippen molar-refractivity contribution in [1.82, 2.24) is 9.80 Å². The van der Waals surface area contributed by atoms with E-state index in [2.05, 4.69) is 30.9 Å². The lowest BCUT2D eigenvalue weighted by atomic mass is 10.1. The second kappa shape index (κ2) is 11.3. The molecule has 146 valence electrons. The molecule has 2 atom stereocenters. The quantitative estimate of drug-likeness (QED) is 0.600. The maximum Gasteiger partial charge on any atom is 0.222 e. The van der Waals surface area contributed by atoms with Crippen LogP contribution in [0.5, 0.6) is 0 Å². The Morgan fingerprint density at radius 1 is 1.08 bits per heavy atom. The summed E-state index contributed by atoms with van der Waals surface area (Å²) >= 11 is 0. The number of benzene rings is 1. The number of ether oxygens (including phenoxy) is 2. The van der Waals surface area contributed by atoms with Crippen molar-refractivity contribution in [1.29, 1.82) is 0 Å². The monoisotopic (exact) mass is 362 g/mol. The molecule has 0 aromatic heterocycles. The smallest absolute Gasteiger partial charge is 0.222 e. The number of hydrogen-bond acceptors (Lipinski definition) is 4. The minimum atomic E-state index is 0.252. The number of carbonyl (C=O) groups excluding carboxylic acids is 1.